The molecule has 0 fully saturated rings. The molecule has 0 heterocycles. The summed E-state index contributed by atoms with van der Waals surface area (Å²) in [7, 11) is 0. The van der Waals surface area contributed by atoms with Crippen molar-refractivity contribution < 1.29 is 13.2 Å². The molecule has 1 N–H and O–H groups in total. The molecule has 0 aliphatic heterocycles. The van der Waals surface area contributed by atoms with E-state index in [4.69, 9.17) is 11.6 Å². The minimum Gasteiger partial charge on any atom is -0.379 e. The van der Waals surface area contributed by atoms with Crippen molar-refractivity contribution >= 4 is 17.3 Å². The highest BCUT2D eigenvalue weighted by atomic mass is 35.5. The summed E-state index contributed by atoms with van der Waals surface area (Å²) in [5.41, 5.74) is 0.898. The second-order valence-electron chi connectivity index (χ2n) is 4.02. The molecule has 0 unspecified atom stereocenters. The van der Waals surface area contributed by atoms with Crippen molar-refractivity contribution in [2.75, 3.05) is 5.32 Å². The fourth-order valence-electron chi connectivity index (χ4n) is 1.67. The molecule has 2 rings (SSSR count). The maximum atomic E-state index is 13.5. The number of hydrogen-bond donors (Lipinski definition) is 1. The highest BCUT2D eigenvalue weighted by Crippen LogP contribution is 2.22. The average Bonchev–Trinajstić information content (AvgIpc) is 2.38. The van der Waals surface area contributed by atoms with Gasteiger partial charge in [0.05, 0.1) is 5.69 Å². The number of rotatable bonds is 4. The number of anilines is 1. The Balaban J connectivity index is 2.08. The molecule has 0 spiro atoms. The first kappa shape index (κ1) is 13.7. The third-order valence-corrected chi connectivity index (χ3v) is 2.85. The van der Waals surface area contributed by atoms with Crippen molar-refractivity contribution in [1.29, 1.82) is 0 Å². The van der Waals surface area contributed by atoms with Crippen LogP contribution in [0.25, 0.3) is 0 Å². The van der Waals surface area contributed by atoms with Gasteiger partial charge in [0.15, 0.2) is 0 Å². The predicted molar refractivity (Wildman–Crippen MR) is 70.1 cm³/mol. The van der Waals surface area contributed by atoms with Crippen LogP contribution in [0, 0.1) is 5.82 Å². The number of nitrogens with one attached hydrogen (secondary N) is 1. The zero-order chi connectivity index (χ0) is 13.8. The predicted octanol–water partition coefficient (Wildman–Crippen LogP) is 5.03. The lowest BCUT2D eigenvalue weighted by Crippen LogP contribution is -2.02. The van der Waals surface area contributed by atoms with Gasteiger partial charge in [-0.2, -0.15) is 0 Å². The van der Waals surface area contributed by atoms with Gasteiger partial charge >= 0.3 is 0 Å². The van der Waals surface area contributed by atoms with Crippen molar-refractivity contribution in [2.45, 2.75) is 13.0 Å². The molecule has 100 valence electrons. The van der Waals surface area contributed by atoms with Gasteiger partial charge < -0.3 is 5.32 Å². The average molecular weight is 286 g/mol. The van der Waals surface area contributed by atoms with Crippen LogP contribution < -0.4 is 5.32 Å². The van der Waals surface area contributed by atoms with Gasteiger partial charge in [-0.3, -0.25) is 0 Å². The van der Waals surface area contributed by atoms with E-state index in [1.165, 1.54) is 24.3 Å². The van der Waals surface area contributed by atoms with Crippen LogP contribution in [0.5, 0.6) is 0 Å². The highest BCUT2D eigenvalue weighted by Gasteiger charge is 2.07. The third-order valence-electron chi connectivity index (χ3n) is 2.62. The molecule has 0 radical (unpaired) electrons. The van der Waals surface area contributed by atoms with E-state index in [0.29, 0.717) is 10.6 Å². The van der Waals surface area contributed by atoms with Crippen LogP contribution in [0.1, 0.15) is 17.6 Å². The Kier molecular flexibility index (Phi) is 4.32. The van der Waals surface area contributed by atoms with Crippen LogP contribution in [-0.4, -0.2) is 0 Å². The highest BCUT2D eigenvalue weighted by molar-refractivity contribution is 6.30. The van der Waals surface area contributed by atoms with Crippen LogP contribution in [0.2, 0.25) is 5.02 Å². The van der Waals surface area contributed by atoms with E-state index in [2.05, 4.69) is 5.32 Å². The van der Waals surface area contributed by atoms with E-state index in [0.717, 1.165) is 0 Å². The Hall–Kier alpha value is -1.68. The van der Waals surface area contributed by atoms with Crippen molar-refractivity contribution in [2.24, 2.45) is 0 Å². The first-order valence-electron chi connectivity index (χ1n) is 5.62. The quantitative estimate of drug-likeness (QED) is 0.831. The van der Waals surface area contributed by atoms with Crippen molar-refractivity contribution in [3.05, 3.63) is 64.4 Å². The minimum atomic E-state index is -2.51. The van der Waals surface area contributed by atoms with Crippen LogP contribution in [-0.2, 0) is 6.54 Å². The molecule has 0 bridgehead atoms. The molecule has 0 saturated heterocycles. The molecule has 2 aromatic rings. The number of hydrogen-bond acceptors (Lipinski definition) is 1. The van der Waals surface area contributed by atoms with Gasteiger partial charge in [-0.05, 0) is 29.8 Å². The van der Waals surface area contributed by atoms with Gasteiger partial charge in [0.1, 0.15) is 5.82 Å². The lowest BCUT2D eigenvalue weighted by molar-refractivity contribution is 0.151. The fourth-order valence-corrected chi connectivity index (χ4v) is 1.83. The van der Waals surface area contributed by atoms with E-state index >= 15 is 0 Å². The summed E-state index contributed by atoms with van der Waals surface area (Å²) < 4.78 is 38.5. The maximum Gasteiger partial charge on any atom is 0.263 e. The normalized spacial score (nSPS) is 10.8. The third kappa shape index (κ3) is 3.64. The van der Waals surface area contributed by atoms with Gasteiger partial charge in [0.25, 0.3) is 6.43 Å². The van der Waals surface area contributed by atoms with Crippen LogP contribution in [0.3, 0.4) is 0 Å². The van der Waals surface area contributed by atoms with Gasteiger partial charge in [-0.25, -0.2) is 13.2 Å². The first-order valence-corrected chi connectivity index (χ1v) is 6.00. The summed E-state index contributed by atoms with van der Waals surface area (Å²) in [6.45, 7) is 0.263. The zero-order valence-electron chi connectivity index (χ0n) is 9.84. The molecular formula is C14H11ClF3N. The standard InChI is InChI=1S/C14H11ClF3N/c15-11-4-5-13(12(16)7-11)19-8-9-2-1-3-10(6-9)14(17)18/h1-7,14,19H,8H2. The van der Waals surface area contributed by atoms with Crippen LogP contribution in [0.4, 0.5) is 18.9 Å². The van der Waals surface area contributed by atoms with Crippen LogP contribution >= 0.6 is 11.6 Å². The molecule has 0 aromatic heterocycles. The molecule has 0 saturated carbocycles. The summed E-state index contributed by atoms with van der Waals surface area (Å²) in [5, 5.41) is 3.15. The Morgan fingerprint density at radius 2 is 1.89 bits per heavy atom. The maximum absolute atomic E-state index is 13.5. The molecule has 0 atom stereocenters. The summed E-state index contributed by atoms with van der Waals surface area (Å²) >= 11 is 5.64. The number of halogens is 4. The van der Waals surface area contributed by atoms with Crippen LogP contribution in [0.15, 0.2) is 42.5 Å². The monoisotopic (exact) mass is 285 g/mol. The minimum absolute atomic E-state index is 0.0455. The summed E-state index contributed by atoms with van der Waals surface area (Å²) in [4.78, 5) is 0. The first-order chi connectivity index (χ1) is 9.06. The Labute approximate surface area is 114 Å². The molecule has 0 aliphatic rings. The van der Waals surface area contributed by atoms with E-state index in [9.17, 15) is 13.2 Å². The van der Waals surface area contributed by atoms with E-state index in [1.54, 1.807) is 18.2 Å². The van der Waals surface area contributed by atoms with E-state index in [1.807, 2.05) is 0 Å². The molecule has 0 aliphatic carbocycles. The van der Waals surface area contributed by atoms with Gasteiger partial charge in [-0.1, -0.05) is 29.8 Å². The second-order valence-corrected chi connectivity index (χ2v) is 4.46. The topological polar surface area (TPSA) is 12.0 Å². The lowest BCUT2D eigenvalue weighted by Gasteiger charge is -2.09. The van der Waals surface area contributed by atoms with Gasteiger partial charge in [-0.15, -0.1) is 0 Å². The molecule has 5 heteroatoms. The second kappa shape index (κ2) is 5.97. The summed E-state index contributed by atoms with van der Waals surface area (Å²) in [6.07, 6.45) is -2.51. The largest absolute Gasteiger partial charge is 0.379 e. The van der Waals surface area contributed by atoms with Crippen molar-refractivity contribution in [1.82, 2.24) is 0 Å². The van der Waals surface area contributed by atoms with Crippen molar-refractivity contribution in [3.8, 4) is 0 Å². The Bertz CT molecular complexity index is 572. The SMILES string of the molecule is Fc1cc(Cl)ccc1NCc1cccc(C(F)F)c1. The van der Waals surface area contributed by atoms with E-state index < -0.39 is 12.2 Å². The molecule has 2 aromatic carbocycles. The van der Waals surface area contributed by atoms with Gasteiger partial charge in [0, 0.05) is 17.1 Å². The smallest absolute Gasteiger partial charge is 0.263 e. The van der Waals surface area contributed by atoms with E-state index in [-0.39, 0.29) is 17.8 Å². The summed E-state index contributed by atoms with van der Waals surface area (Å²) in [5.74, 6) is -0.475. The Morgan fingerprint density at radius 1 is 1.11 bits per heavy atom. The molecule has 0 amide bonds. The number of alkyl halides is 2. The molecular weight excluding hydrogens is 275 g/mol. The van der Waals surface area contributed by atoms with Crippen molar-refractivity contribution in [3.63, 3.8) is 0 Å². The molecule has 1 nitrogen and oxygen atoms in total. The molecule has 19 heavy (non-hydrogen) atoms. The summed E-state index contributed by atoms with van der Waals surface area (Å²) in [6, 6.07) is 10.3. The zero-order valence-corrected chi connectivity index (χ0v) is 10.6. The lowest BCUT2D eigenvalue weighted by atomic mass is 10.1. The van der Waals surface area contributed by atoms with Gasteiger partial charge in [0.2, 0.25) is 0 Å². The Morgan fingerprint density at radius 3 is 2.58 bits per heavy atom. The number of benzene rings is 2. The fraction of sp³-hybridized carbons (Fsp3) is 0.143.